The molecular weight excluding hydrogens is 262 g/mol. The van der Waals surface area contributed by atoms with Gasteiger partial charge in [-0.05, 0) is 56.2 Å². The van der Waals surface area contributed by atoms with E-state index in [0.717, 1.165) is 18.7 Å². The topological polar surface area (TPSA) is 32.7 Å². The molecule has 3 nitrogen and oxygen atoms in total. The number of rotatable bonds is 3. The molecular formula is C18H27NO2. The van der Waals surface area contributed by atoms with Crippen LogP contribution >= 0.6 is 0 Å². The van der Waals surface area contributed by atoms with Crippen LogP contribution in [-0.2, 0) is 17.6 Å². The van der Waals surface area contributed by atoms with Crippen LogP contribution in [0.3, 0.4) is 0 Å². The highest BCUT2D eigenvalue weighted by atomic mass is 16.5. The van der Waals surface area contributed by atoms with E-state index in [0.29, 0.717) is 6.54 Å². The minimum atomic E-state index is -0.394. The molecule has 1 aliphatic carbocycles. The Labute approximate surface area is 127 Å². The molecule has 0 aromatic heterocycles. The van der Waals surface area contributed by atoms with E-state index in [4.69, 9.17) is 4.74 Å². The van der Waals surface area contributed by atoms with Crippen molar-refractivity contribution in [1.82, 2.24) is 4.90 Å². The normalized spacial score (nSPS) is 28.1. The van der Waals surface area contributed by atoms with Crippen LogP contribution in [0.25, 0.3) is 0 Å². The standard InChI is InChI=1S/C18H27NO2/c1-13-10-19(11-14(2)21-13)12-18(20)17-8-7-15-5-3-4-6-16(15)9-17/h7-9,13-14,18,20H,3-6,10-12H2,1-2H3. The van der Waals surface area contributed by atoms with Gasteiger partial charge in [0.25, 0.3) is 0 Å². The summed E-state index contributed by atoms with van der Waals surface area (Å²) >= 11 is 0. The first-order valence-electron chi connectivity index (χ1n) is 8.29. The van der Waals surface area contributed by atoms with Crippen molar-refractivity contribution < 1.29 is 9.84 Å². The summed E-state index contributed by atoms with van der Waals surface area (Å²) in [5.74, 6) is 0. The van der Waals surface area contributed by atoms with Gasteiger partial charge >= 0.3 is 0 Å². The van der Waals surface area contributed by atoms with Crippen LogP contribution in [0.5, 0.6) is 0 Å². The van der Waals surface area contributed by atoms with Crippen LogP contribution < -0.4 is 0 Å². The first-order chi connectivity index (χ1) is 10.1. The third-order valence-electron chi connectivity index (χ3n) is 4.68. The number of ether oxygens (including phenoxy) is 1. The maximum atomic E-state index is 10.6. The molecule has 1 aromatic rings. The largest absolute Gasteiger partial charge is 0.387 e. The second-order valence-electron chi connectivity index (χ2n) is 6.73. The van der Waals surface area contributed by atoms with E-state index in [9.17, 15) is 5.11 Å². The summed E-state index contributed by atoms with van der Waals surface area (Å²) < 4.78 is 5.75. The Morgan fingerprint density at radius 2 is 1.81 bits per heavy atom. The second-order valence-corrected chi connectivity index (χ2v) is 6.73. The van der Waals surface area contributed by atoms with Gasteiger partial charge in [-0.3, -0.25) is 4.90 Å². The highest BCUT2D eigenvalue weighted by Gasteiger charge is 2.24. The van der Waals surface area contributed by atoms with Crippen LogP contribution in [0.4, 0.5) is 0 Å². The number of aryl methyl sites for hydroxylation is 2. The minimum Gasteiger partial charge on any atom is -0.387 e. The van der Waals surface area contributed by atoms with Crippen molar-refractivity contribution in [3.63, 3.8) is 0 Å². The molecule has 0 amide bonds. The maximum absolute atomic E-state index is 10.6. The molecule has 3 rings (SSSR count). The molecule has 0 spiro atoms. The van der Waals surface area contributed by atoms with Crippen LogP contribution in [0, 0.1) is 0 Å². The number of hydrogen-bond acceptors (Lipinski definition) is 3. The van der Waals surface area contributed by atoms with Crippen molar-refractivity contribution in [2.24, 2.45) is 0 Å². The highest BCUT2D eigenvalue weighted by Crippen LogP contribution is 2.25. The van der Waals surface area contributed by atoms with Crippen molar-refractivity contribution in [3.8, 4) is 0 Å². The first-order valence-corrected chi connectivity index (χ1v) is 8.29. The van der Waals surface area contributed by atoms with Gasteiger partial charge in [-0.2, -0.15) is 0 Å². The Morgan fingerprint density at radius 3 is 2.52 bits per heavy atom. The molecule has 1 saturated heterocycles. The molecule has 2 aliphatic rings. The molecule has 3 heteroatoms. The van der Waals surface area contributed by atoms with Crippen molar-refractivity contribution in [2.75, 3.05) is 19.6 Å². The quantitative estimate of drug-likeness (QED) is 0.928. The predicted molar refractivity (Wildman–Crippen MR) is 84.5 cm³/mol. The van der Waals surface area contributed by atoms with E-state index in [-0.39, 0.29) is 12.2 Å². The molecule has 0 bridgehead atoms. The lowest BCUT2D eigenvalue weighted by atomic mass is 9.89. The highest BCUT2D eigenvalue weighted by molar-refractivity contribution is 5.34. The Kier molecular flexibility index (Phi) is 4.63. The molecule has 0 saturated carbocycles. The molecule has 0 radical (unpaired) electrons. The van der Waals surface area contributed by atoms with Gasteiger partial charge in [-0.1, -0.05) is 18.2 Å². The van der Waals surface area contributed by atoms with E-state index >= 15 is 0 Å². The number of morpholine rings is 1. The van der Waals surface area contributed by atoms with Gasteiger partial charge in [0.1, 0.15) is 0 Å². The van der Waals surface area contributed by atoms with Gasteiger partial charge in [0.15, 0.2) is 0 Å². The smallest absolute Gasteiger partial charge is 0.0917 e. The third-order valence-corrected chi connectivity index (χ3v) is 4.68. The molecule has 21 heavy (non-hydrogen) atoms. The molecule has 3 unspecified atom stereocenters. The number of nitrogens with zero attached hydrogens (tertiary/aromatic N) is 1. The summed E-state index contributed by atoms with van der Waals surface area (Å²) in [4.78, 5) is 2.32. The Morgan fingerprint density at radius 1 is 1.14 bits per heavy atom. The Bertz CT molecular complexity index is 478. The molecule has 1 aliphatic heterocycles. The summed E-state index contributed by atoms with van der Waals surface area (Å²) in [7, 11) is 0. The molecule has 1 fully saturated rings. The summed E-state index contributed by atoms with van der Waals surface area (Å²) in [6.45, 7) is 6.73. The Hall–Kier alpha value is -0.900. The monoisotopic (exact) mass is 289 g/mol. The SMILES string of the molecule is CC1CN(CC(O)c2ccc3c(c2)CCCC3)CC(C)O1. The fourth-order valence-corrected chi connectivity index (χ4v) is 3.74. The summed E-state index contributed by atoms with van der Waals surface area (Å²) in [5, 5.41) is 10.6. The van der Waals surface area contributed by atoms with Gasteiger partial charge in [0.2, 0.25) is 0 Å². The van der Waals surface area contributed by atoms with E-state index in [1.165, 1.54) is 36.8 Å². The van der Waals surface area contributed by atoms with Crippen molar-refractivity contribution in [3.05, 3.63) is 34.9 Å². The molecule has 1 heterocycles. The van der Waals surface area contributed by atoms with Gasteiger partial charge < -0.3 is 9.84 Å². The number of hydrogen-bond donors (Lipinski definition) is 1. The molecule has 1 N–H and O–H groups in total. The summed E-state index contributed by atoms with van der Waals surface area (Å²) in [6.07, 6.45) is 5.07. The van der Waals surface area contributed by atoms with Crippen LogP contribution in [0.2, 0.25) is 0 Å². The fraction of sp³-hybridized carbons (Fsp3) is 0.667. The lowest BCUT2D eigenvalue weighted by Crippen LogP contribution is -2.46. The van der Waals surface area contributed by atoms with Gasteiger partial charge in [0, 0.05) is 19.6 Å². The molecule has 1 aromatic carbocycles. The number of β-amino-alcohol motifs (C(OH)–C–C–N with tert-alkyl or cyclic N) is 1. The van der Waals surface area contributed by atoms with Crippen molar-refractivity contribution in [1.29, 1.82) is 0 Å². The Balaban J connectivity index is 1.66. The minimum absolute atomic E-state index is 0.254. The average molecular weight is 289 g/mol. The first kappa shape index (κ1) is 15.0. The number of aliphatic hydroxyl groups is 1. The van der Waals surface area contributed by atoms with E-state index < -0.39 is 6.10 Å². The number of aliphatic hydroxyl groups excluding tert-OH is 1. The third kappa shape index (κ3) is 3.65. The predicted octanol–water partition coefficient (Wildman–Crippen LogP) is 2.71. The van der Waals surface area contributed by atoms with Crippen LogP contribution in [0.1, 0.15) is 49.5 Å². The zero-order valence-electron chi connectivity index (χ0n) is 13.2. The number of fused-ring (bicyclic) bond motifs is 1. The van der Waals surface area contributed by atoms with Crippen molar-refractivity contribution in [2.45, 2.75) is 57.8 Å². The van der Waals surface area contributed by atoms with Gasteiger partial charge in [-0.15, -0.1) is 0 Å². The van der Waals surface area contributed by atoms with E-state index in [1.807, 2.05) is 0 Å². The fourth-order valence-electron chi connectivity index (χ4n) is 3.74. The summed E-state index contributed by atoms with van der Waals surface area (Å²) in [6, 6.07) is 6.56. The van der Waals surface area contributed by atoms with Gasteiger partial charge in [-0.25, -0.2) is 0 Å². The van der Waals surface area contributed by atoms with E-state index in [2.05, 4.69) is 36.9 Å². The maximum Gasteiger partial charge on any atom is 0.0917 e. The van der Waals surface area contributed by atoms with Gasteiger partial charge in [0.05, 0.1) is 18.3 Å². The molecule has 116 valence electrons. The number of benzene rings is 1. The van der Waals surface area contributed by atoms with Crippen molar-refractivity contribution >= 4 is 0 Å². The zero-order chi connectivity index (χ0) is 14.8. The summed E-state index contributed by atoms with van der Waals surface area (Å²) in [5.41, 5.74) is 4.00. The second kappa shape index (κ2) is 6.47. The average Bonchev–Trinajstić information content (AvgIpc) is 2.45. The lowest BCUT2D eigenvalue weighted by molar-refractivity contribution is -0.0767. The van der Waals surface area contributed by atoms with Crippen LogP contribution in [-0.4, -0.2) is 41.8 Å². The lowest BCUT2D eigenvalue weighted by Gasteiger charge is -2.36. The van der Waals surface area contributed by atoms with E-state index in [1.54, 1.807) is 0 Å². The molecule has 3 atom stereocenters. The zero-order valence-corrected chi connectivity index (χ0v) is 13.2. The van der Waals surface area contributed by atoms with Crippen LogP contribution in [0.15, 0.2) is 18.2 Å².